The van der Waals surface area contributed by atoms with Crippen LogP contribution in [0.1, 0.15) is 45.6 Å². The van der Waals surface area contributed by atoms with Crippen molar-refractivity contribution in [1.29, 1.82) is 0 Å². The molecule has 1 aliphatic rings. The van der Waals surface area contributed by atoms with Crippen molar-refractivity contribution in [2.45, 2.75) is 52.1 Å². The SMILES string of the molecule is CC(C)(C)OC(=O)N1CCC(C(=O)SCCCc2ccncc2)CC1. The van der Waals surface area contributed by atoms with Gasteiger partial charge in [-0.05, 0) is 64.2 Å². The predicted molar refractivity (Wildman–Crippen MR) is 101 cm³/mol. The number of piperidine rings is 1. The first-order chi connectivity index (χ1) is 11.8. The summed E-state index contributed by atoms with van der Waals surface area (Å²) in [5.74, 6) is 0.901. The number of hydrogen-bond donors (Lipinski definition) is 0. The molecule has 0 radical (unpaired) electrons. The van der Waals surface area contributed by atoms with Crippen molar-refractivity contribution in [1.82, 2.24) is 9.88 Å². The summed E-state index contributed by atoms with van der Waals surface area (Å²) in [4.78, 5) is 30.1. The molecular weight excluding hydrogens is 336 g/mol. The highest BCUT2D eigenvalue weighted by atomic mass is 32.2. The van der Waals surface area contributed by atoms with Crippen molar-refractivity contribution in [2.24, 2.45) is 5.92 Å². The first kappa shape index (κ1) is 19.8. The molecule has 0 aromatic carbocycles. The van der Waals surface area contributed by atoms with E-state index in [9.17, 15) is 9.59 Å². The molecule has 1 aromatic rings. The number of ether oxygens (including phenoxy) is 1. The van der Waals surface area contributed by atoms with Crippen LogP contribution in [0.25, 0.3) is 0 Å². The Morgan fingerprint density at radius 2 is 1.88 bits per heavy atom. The summed E-state index contributed by atoms with van der Waals surface area (Å²) in [6.07, 6.45) is 6.74. The van der Waals surface area contributed by atoms with Crippen LogP contribution in [-0.2, 0) is 16.0 Å². The molecule has 2 rings (SSSR count). The maximum atomic E-state index is 12.3. The number of aryl methyl sites for hydroxylation is 1. The second-order valence-electron chi connectivity index (χ2n) is 7.37. The number of carbonyl (C=O) groups is 2. The van der Waals surface area contributed by atoms with E-state index in [0.717, 1.165) is 31.4 Å². The van der Waals surface area contributed by atoms with Crippen molar-refractivity contribution in [3.8, 4) is 0 Å². The van der Waals surface area contributed by atoms with E-state index in [0.29, 0.717) is 13.1 Å². The van der Waals surface area contributed by atoms with E-state index >= 15 is 0 Å². The van der Waals surface area contributed by atoms with Gasteiger partial charge in [0.15, 0.2) is 5.12 Å². The minimum atomic E-state index is -0.478. The molecule has 0 bridgehead atoms. The topological polar surface area (TPSA) is 59.5 Å². The molecular formula is C19H28N2O3S. The van der Waals surface area contributed by atoms with Crippen molar-refractivity contribution in [3.05, 3.63) is 30.1 Å². The van der Waals surface area contributed by atoms with Gasteiger partial charge in [-0.2, -0.15) is 0 Å². The molecule has 0 unspecified atom stereocenters. The van der Waals surface area contributed by atoms with Crippen LogP contribution in [0.2, 0.25) is 0 Å². The highest BCUT2D eigenvalue weighted by Crippen LogP contribution is 2.25. The number of carbonyl (C=O) groups excluding carboxylic acids is 2. The monoisotopic (exact) mass is 364 g/mol. The second kappa shape index (κ2) is 9.22. The van der Waals surface area contributed by atoms with E-state index < -0.39 is 5.60 Å². The number of thioether (sulfide) groups is 1. The van der Waals surface area contributed by atoms with Crippen molar-refractivity contribution < 1.29 is 14.3 Å². The van der Waals surface area contributed by atoms with Gasteiger partial charge in [0.05, 0.1) is 0 Å². The molecule has 0 N–H and O–H groups in total. The lowest BCUT2D eigenvalue weighted by atomic mass is 9.99. The molecule has 0 spiro atoms. The Balaban J connectivity index is 1.64. The van der Waals surface area contributed by atoms with Gasteiger partial charge in [0.1, 0.15) is 5.60 Å². The van der Waals surface area contributed by atoms with Crippen LogP contribution in [-0.4, -0.2) is 45.5 Å². The number of rotatable bonds is 5. The Morgan fingerprint density at radius 1 is 1.24 bits per heavy atom. The molecule has 1 saturated heterocycles. The lowest BCUT2D eigenvalue weighted by Crippen LogP contribution is -2.42. The molecule has 0 atom stereocenters. The van der Waals surface area contributed by atoms with Gasteiger partial charge < -0.3 is 9.64 Å². The summed E-state index contributed by atoms with van der Waals surface area (Å²) >= 11 is 1.43. The summed E-state index contributed by atoms with van der Waals surface area (Å²) in [6, 6.07) is 4.03. The van der Waals surface area contributed by atoms with Gasteiger partial charge in [-0.3, -0.25) is 9.78 Å². The van der Waals surface area contributed by atoms with Crippen molar-refractivity contribution >= 4 is 23.0 Å². The summed E-state index contributed by atoms with van der Waals surface area (Å²) < 4.78 is 5.39. The van der Waals surface area contributed by atoms with Crippen molar-refractivity contribution in [2.75, 3.05) is 18.8 Å². The molecule has 2 heterocycles. The van der Waals surface area contributed by atoms with Gasteiger partial charge in [0.2, 0.25) is 0 Å². The maximum Gasteiger partial charge on any atom is 0.410 e. The summed E-state index contributed by atoms with van der Waals surface area (Å²) in [5, 5.41) is 0.263. The fourth-order valence-corrected chi connectivity index (χ4v) is 3.70. The summed E-state index contributed by atoms with van der Waals surface area (Å²) in [6.45, 7) is 6.79. The standard InChI is InChI=1S/C19H28N2O3S/c1-19(2,3)24-18(23)21-12-8-16(9-13-21)17(22)25-14-4-5-15-6-10-20-11-7-15/h6-7,10-11,16H,4-5,8-9,12-14H2,1-3H3. The zero-order valence-electron chi connectivity index (χ0n) is 15.4. The normalized spacial score (nSPS) is 15.9. The highest BCUT2D eigenvalue weighted by Gasteiger charge is 2.29. The number of hydrogen-bond acceptors (Lipinski definition) is 5. The quantitative estimate of drug-likeness (QED) is 0.741. The van der Waals surface area contributed by atoms with Crippen LogP contribution >= 0.6 is 11.8 Å². The predicted octanol–water partition coefficient (Wildman–Crippen LogP) is 3.92. The molecule has 1 aliphatic heterocycles. The van der Waals surface area contributed by atoms with Gasteiger partial charge in [-0.25, -0.2) is 4.79 Å². The largest absolute Gasteiger partial charge is 0.444 e. The van der Waals surface area contributed by atoms with Gasteiger partial charge in [0.25, 0.3) is 0 Å². The van der Waals surface area contributed by atoms with Crippen molar-refractivity contribution in [3.63, 3.8) is 0 Å². The number of pyridine rings is 1. The Hall–Kier alpha value is -1.56. The molecule has 1 fully saturated rings. The lowest BCUT2D eigenvalue weighted by Gasteiger charge is -2.32. The van der Waals surface area contributed by atoms with E-state index in [4.69, 9.17) is 4.74 Å². The van der Waals surface area contributed by atoms with Gasteiger partial charge >= 0.3 is 6.09 Å². The zero-order valence-corrected chi connectivity index (χ0v) is 16.2. The fourth-order valence-electron chi connectivity index (χ4n) is 2.74. The van der Waals surface area contributed by atoms with E-state index in [1.54, 1.807) is 17.3 Å². The molecule has 0 aliphatic carbocycles. The maximum absolute atomic E-state index is 12.3. The van der Waals surface area contributed by atoms with Gasteiger partial charge in [-0.15, -0.1) is 0 Å². The average molecular weight is 365 g/mol. The van der Waals surface area contributed by atoms with E-state index in [-0.39, 0.29) is 17.1 Å². The van der Waals surface area contributed by atoms with Gasteiger partial charge in [0, 0.05) is 37.2 Å². The third-order valence-electron chi connectivity index (χ3n) is 4.08. The number of nitrogens with zero attached hydrogens (tertiary/aromatic N) is 2. The molecule has 1 aromatic heterocycles. The Morgan fingerprint density at radius 3 is 2.48 bits per heavy atom. The van der Waals surface area contributed by atoms with Crippen LogP contribution in [0.3, 0.4) is 0 Å². The zero-order chi connectivity index (χ0) is 18.3. The van der Waals surface area contributed by atoms with E-state index in [1.165, 1.54) is 17.3 Å². The van der Waals surface area contributed by atoms with E-state index in [1.807, 2.05) is 32.9 Å². The van der Waals surface area contributed by atoms with Crippen LogP contribution < -0.4 is 0 Å². The van der Waals surface area contributed by atoms with E-state index in [2.05, 4.69) is 4.98 Å². The Bertz CT molecular complexity index is 564. The van der Waals surface area contributed by atoms with Crippen LogP contribution in [0.15, 0.2) is 24.5 Å². The minimum absolute atomic E-state index is 0.0598. The minimum Gasteiger partial charge on any atom is -0.444 e. The van der Waals surface area contributed by atoms with Gasteiger partial charge in [-0.1, -0.05) is 11.8 Å². The van der Waals surface area contributed by atoms with Crippen LogP contribution in [0.4, 0.5) is 4.79 Å². The fraction of sp³-hybridized carbons (Fsp3) is 0.632. The van der Waals surface area contributed by atoms with Crippen LogP contribution in [0.5, 0.6) is 0 Å². The third kappa shape index (κ3) is 7.06. The molecule has 138 valence electrons. The molecule has 0 saturated carbocycles. The smallest absolute Gasteiger partial charge is 0.410 e. The van der Waals surface area contributed by atoms with Crippen LogP contribution in [0, 0.1) is 5.92 Å². The first-order valence-electron chi connectivity index (χ1n) is 8.88. The average Bonchev–Trinajstić information content (AvgIpc) is 2.58. The highest BCUT2D eigenvalue weighted by molar-refractivity contribution is 8.13. The molecule has 6 heteroatoms. The number of aromatic nitrogens is 1. The lowest BCUT2D eigenvalue weighted by molar-refractivity contribution is -0.115. The number of amides is 1. The molecule has 5 nitrogen and oxygen atoms in total. The third-order valence-corrected chi connectivity index (χ3v) is 5.19. The summed E-state index contributed by atoms with van der Waals surface area (Å²) in [5.41, 5.74) is 0.780. The Kier molecular flexibility index (Phi) is 7.29. The molecule has 1 amide bonds. The molecule has 25 heavy (non-hydrogen) atoms. The Labute approximate surface area is 154 Å². The summed E-state index contributed by atoms with van der Waals surface area (Å²) in [7, 11) is 0. The first-order valence-corrected chi connectivity index (χ1v) is 9.87. The second-order valence-corrected chi connectivity index (χ2v) is 8.47. The number of likely N-dealkylation sites (tertiary alicyclic amines) is 1.